The first-order valence-corrected chi connectivity index (χ1v) is 3.90. The zero-order valence-corrected chi connectivity index (χ0v) is 6.18. The van der Waals surface area contributed by atoms with Crippen molar-refractivity contribution in [3.8, 4) is 5.75 Å². The smallest absolute Gasteiger partial charge is 0.199 e. The van der Waals surface area contributed by atoms with Gasteiger partial charge in [-0.15, -0.1) is 0 Å². The second-order valence-corrected chi connectivity index (χ2v) is 2.87. The van der Waals surface area contributed by atoms with E-state index < -0.39 is 22.3 Å². The Morgan fingerprint density at radius 2 is 1.91 bits per heavy atom. The van der Waals surface area contributed by atoms with Crippen molar-refractivity contribution < 1.29 is 17.9 Å². The Labute approximate surface area is 64.0 Å². The van der Waals surface area contributed by atoms with Gasteiger partial charge in [-0.05, 0) is 12.1 Å². The lowest BCUT2D eigenvalue weighted by Crippen LogP contribution is -1.81. The second kappa shape index (κ2) is 2.87. The predicted octanol–water partition coefficient (Wildman–Crippen LogP) is 0.940. The summed E-state index contributed by atoms with van der Waals surface area (Å²) >= 11 is 0. The van der Waals surface area contributed by atoms with Crippen LogP contribution in [0.4, 0.5) is 4.39 Å². The highest BCUT2D eigenvalue weighted by Gasteiger charge is 2.05. The van der Waals surface area contributed by atoms with Gasteiger partial charge < -0.3 is 0 Å². The Balaban J connectivity index is 3.31. The van der Waals surface area contributed by atoms with Crippen LogP contribution in [0.1, 0.15) is 0 Å². The van der Waals surface area contributed by atoms with Gasteiger partial charge in [0.2, 0.25) is 0 Å². The molecule has 11 heavy (non-hydrogen) atoms. The van der Waals surface area contributed by atoms with Gasteiger partial charge in [0, 0.05) is 6.07 Å². The van der Waals surface area contributed by atoms with Crippen molar-refractivity contribution in [2.75, 3.05) is 0 Å². The van der Waals surface area contributed by atoms with Crippen molar-refractivity contribution in [1.82, 2.24) is 0 Å². The lowest BCUT2D eigenvalue weighted by atomic mass is 10.3. The van der Waals surface area contributed by atoms with E-state index in [1.54, 1.807) is 0 Å². The van der Waals surface area contributed by atoms with Crippen LogP contribution in [-0.2, 0) is 15.8 Å². The molecule has 1 aromatic carbocycles. The van der Waals surface area contributed by atoms with Crippen LogP contribution in [0, 0.1) is 5.82 Å². The molecular formula is C6H4FO3S. The summed E-state index contributed by atoms with van der Waals surface area (Å²) in [6.07, 6.45) is 0. The Kier molecular flexibility index (Phi) is 2.09. The maximum absolute atomic E-state index is 12.2. The highest BCUT2D eigenvalue weighted by Crippen LogP contribution is 2.19. The van der Waals surface area contributed by atoms with Crippen LogP contribution in [0.3, 0.4) is 0 Å². The molecule has 0 fully saturated rings. The highest BCUT2D eigenvalue weighted by molar-refractivity contribution is 7.72. The largest absolute Gasteiger partial charge is 0.288 e. The van der Waals surface area contributed by atoms with Crippen LogP contribution < -0.4 is 0 Å². The molecule has 0 bridgehead atoms. The molecule has 0 saturated heterocycles. The minimum Gasteiger partial charge on any atom is -0.288 e. The summed E-state index contributed by atoms with van der Waals surface area (Å²) in [7, 11) is -2.91. The minimum absolute atomic E-state index is 0.374. The van der Waals surface area contributed by atoms with Crippen molar-refractivity contribution in [1.29, 1.82) is 0 Å². The fourth-order valence-corrected chi connectivity index (χ4v) is 1.08. The van der Waals surface area contributed by atoms with Crippen molar-refractivity contribution in [2.45, 2.75) is 4.90 Å². The summed E-state index contributed by atoms with van der Waals surface area (Å²) in [4.78, 5) is -0.374. The van der Waals surface area contributed by atoms with Crippen LogP contribution in [0.25, 0.3) is 0 Å². The summed E-state index contributed by atoms with van der Waals surface area (Å²) in [6, 6.07) is 2.52. The van der Waals surface area contributed by atoms with E-state index in [0.717, 1.165) is 12.1 Å². The summed E-state index contributed by atoms with van der Waals surface area (Å²) in [5.41, 5.74) is 0. The third-order valence-electron chi connectivity index (χ3n) is 1.12. The zero-order valence-electron chi connectivity index (χ0n) is 5.28. The average Bonchev–Trinajstić information content (AvgIpc) is 1.85. The van der Waals surface area contributed by atoms with E-state index in [1.165, 1.54) is 0 Å². The lowest BCUT2D eigenvalue weighted by Gasteiger charge is -1.91. The summed E-state index contributed by atoms with van der Waals surface area (Å²) in [5, 5.41) is 10.7. The van der Waals surface area contributed by atoms with E-state index in [0.29, 0.717) is 6.07 Å². The van der Waals surface area contributed by atoms with Gasteiger partial charge in [0.15, 0.2) is 16.5 Å². The van der Waals surface area contributed by atoms with Crippen LogP contribution in [0.15, 0.2) is 23.1 Å². The van der Waals surface area contributed by atoms with Crippen molar-refractivity contribution in [3.05, 3.63) is 24.0 Å². The molecule has 0 aliphatic carbocycles. The molecule has 0 aromatic heterocycles. The first-order chi connectivity index (χ1) is 5.11. The van der Waals surface area contributed by atoms with Crippen LogP contribution in [-0.4, -0.2) is 8.42 Å². The Morgan fingerprint density at radius 1 is 1.27 bits per heavy atom. The molecule has 0 spiro atoms. The van der Waals surface area contributed by atoms with Crippen molar-refractivity contribution in [2.24, 2.45) is 0 Å². The Morgan fingerprint density at radius 3 is 2.36 bits per heavy atom. The van der Waals surface area contributed by atoms with Gasteiger partial charge in [-0.1, -0.05) is 0 Å². The predicted molar refractivity (Wildman–Crippen MR) is 35.1 cm³/mol. The minimum atomic E-state index is -2.91. The number of rotatable bonds is 1. The molecule has 0 unspecified atom stereocenters. The van der Waals surface area contributed by atoms with Gasteiger partial charge in [-0.2, -0.15) is 0 Å². The molecule has 1 aromatic rings. The molecular weight excluding hydrogens is 171 g/mol. The topological polar surface area (TPSA) is 54.0 Å². The van der Waals surface area contributed by atoms with E-state index in [-0.39, 0.29) is 4.90 Å². The first kappa shape index (κ1) is 8.00. The van der Waals surface area contributed by atoms with Crippen LogP contribution in [0.2, 0.25) is 0 Å². The molecule has 0 N–H and O–H groups in total. The van der Waals surface area contributed by atoms with Crippen molar-refractivity contribution in [3.63, 3.8) is 0 Å². The quantitative estimate of drug-likeness (QED) is 0.646. The molecule has 5 heteroatoms. The number of benzene rings is 1. The average molecular weight is 175 g/mol. The van der Waals surface area contributed by atoms with Gasteiger partial charge in [0.1, 0.15) is 10.7 Å². The van der Waals surface area contributed by atoms with Gasteiger partial charge in [-0.25, -0.2) is 12.8 Å². The molecule has 0 heterocycles. The maximum Gasteiger partial charge on any atom is 0.199 e. The van der Waals surface area contributed by atoms with E-state index >= 15 is 0 Å². The van der Waals surface area contributed by atoms with Gasteiger partial charge in [-0.3, -0.25) is 5.11 Å². The highest BCUT2D eigenvalue weighted by atomic mass is 32.2. The van der Waals surface area contributed by atoms with E-state index in [2.05, 4.69) is 0 Å². The monoisotopic (exact) mass is 175 g/mol. The second-order valence-electron chi connectivity index (χ2n) is 1.87. The Bertz CT molecular complexity index is 338. The molecule has 1 rings (SSSR count). The van der Waals surface area contributed by atoms with E-state index in [1.807, 2.05) is 0 Å². The summed E-state index contributed by atoms with van der Waals surface area (Å²) in [6.45, 7) is 0. The molecule has 59 valence electrons. The molecule has 0 atom stereocenters. The van der Waals surface area contributed by atoms with Gasteiger partial charge in [0.25, 0.3) is 0 Å². The summed E-state index contributed by atoms with van der Waals surface area (Å²) < 4.78 is 32.7. The molecule has 0 saturated carbocycles. The fourth-order valence-electron chi connectivity index (χ4n) is 0.639. The van der Waals surface area contributed by atoms with Gasteiger partial charge in [0.05, 0.1) is 0 Å². The maximum atomic E-state index is 12.2. The first-order valence-electron chi connectivity index (χ1n) is 2.72. The lowest BCUT2D eigenvalue weighted by molar-refractivity contribution is 0.340. The number of hydrogen-bond donors (Lipinski definition) is 1. The molecule has 0 amide bonds. The third-order valence-corrected chi connectivity index (χ3v) is 1.88. The third kappa shape index (κ3) is 1.68. The number of hydrogen-bond acceptors (Lipinski definition) is 2. The standard InChI is InChI=1S/C6H4FO3S/c7-4-1-2-6(11(9)10)5(8)3-4/h1-3,11H. The molecule has 0 aliphatic heterocycles. The zero-order chi connectivity index (χ0) is 8.43. The molecule has 0 aliphatic rings. The SMILES string of the molecule is [O]c1cc(F)ccc1[SH](=O)=O. The number of halogens is 1. The number of thiol groups is 1. The Hall–Kier alpha value is -1.10. The normalized spacial score (nSPS) is 10.4. The molecule has 3 nitrogen and oxygen atoms in total. The molecule has 1 radical (unpaired) electrons. The summed E-state index contributed by atoms with van der Waals surface area (Å²) in [5.74, 6) is -1.53. The van der Waals surface area contributed by atoms with Gasteiger partial charge >= 0.3 is 0 Å². The fraction of sp³-hybridized carbons (Fsp3) is 0. The van der Waals surface area contributed by atoms with Crippen LogP contribution in [0.5, 0.6) is 5.75 Å². The van der Waals surface area contributed by atoms with E-state index in [9.17, 15) is 17.9 Å². The van der Waals surface area contributed by atoms with Crippen LogP contribution >= 0.6 is 0 Å². The van der Waals surface area contributed by atoms with Crippen molar-refractivity contribution >= 4 is 10.7 Å². The van der Waals surface area contributed by atoms with E-state index in [4.69, 9.17) is 0 Å².